The van der Waals surface area contributed by atoms with Gasteiger partial charge in [0.25, 0.3) is 0 Å². The average molecular weight is 523 g/mol. The molecule has 10 heteroatoms. The molecule has 1 N–H and O–H groups in total. The van der Waals surface area contributed by atoms with E-state index >= 15 is 0 Å². The lowest BCUT2D eigenvalue weighted by molar-refractivity contribution is -0.143. The summed E-state index contributed by atoms with van der Waals surface area (Å²) in [6, 6.07) is 8.62. The van der Waals surface area contributed by atoms with Crippen LogP contribution >= 0.6 is 11.8 Å². The van der Waals surface area contributed by atoms with Crippen LogP contribution in [0.5, 0.6) is 11.5 Å². The van der Waals surface area contributed by atoms with Gasteiger partial charge < -0.3 is 24.4 Å². The molecule has 0 saturated carbocycles. The topological polar surface area (TPSA) is 102 Å². The Morgan fingerprint density at radius 3 is 2.51 bits per heavy atom. The number of carbonyl (C=O) groups is 2. The van der Waals surface area contributed by atoms with E-state index in [1.165, 1.54) is 11.8 Å². The fourth-order valence-corrected chi connectivity index (χ4v) is 5.11. The maximum atomic E-state index is 13.3. The molecular formula is C27H30N4O5S. The summed E-state index contributed by atoms with van der Waals surface area (Å²) in [6.45, 7) is 5.78. The molecule has 1 aromatic carbocycles. The summed E-state index contributed by atoms with van der Waals surface area (Å²) in [5.74, 6) is 0.550. The second-order valence-corrected chi connectivity index (χ2v) is 9.64. The fourth-order valence-electron chi connectivity index (χ4n) is 4.14. The van der Waals surface area contributed by atoms with Crippen molar-refractivity contribution < 1.29 is 23.8 Å². The molecule has 0 radical (unpaired) electrons. The van der Waals surface area contributed by atoms with Crippen LogP contribution in [0.4, 0.5) is 0 Å². The molecule has 1 aromatic heterocycles. The van der Waals surface area contributed by atoms with E-state index in [1.54, 1.807) is 53.5 Å². The van der Waals surface area contributed by atoms with Crippen LogP contribution < -0.4 is 14.8 Å². The normalized spacial score (nSPS) is 16.7. The molecule has 2 aliphatic heterocycles. The largest absolute Gasteiger partial charge is 0.497 e. The van der Waals surface area contributed by atoms with E-state index in [9.17, 15) is 9.59 Å². The highest BCUT2D eigenvalue weighted by molar-refractivity contribution is 8.16. The Bertz CT molecular complexity index is 1250. The zero-order valence-electron chi connectivity index (χ0n) is 21.5. The number of amidine groups is 1. The molecule has 1 amide bonds. The molecule has 2 aromatic rings. The van der Waals surface area contributed by atoms with E-state index in [4.69, 9.17) is 19.2 Å². The quantitative estimate of drug-likeness (QED) is 0.486. The smallest absolute Gasteiger partial charge is 0.338 e. The van der Waals surface area contributed by atoms with Gasteiger partial charge in [0.1, 0.15) is 11.5 Å². The van der Waals surface area contributed by atoms with Crippen molar-refractivity contribution in [3.8, 4) is 11.5 Å². The van der Waals surface area contributed by atoms with Crippen LogP contribution in [0.2, 0.25) is 0 Å². The number of ether oxygens (including phenoxy) is 3. The van der Waals surface area contributed by atoms with Crippen LogP contribution in [0.1, 0.15) is 44.4 Å². The van der Waals surface area contributed by atoms with Gasteiger partial charge in [-0.25, -0.2) is 9.79 Å². The van der Waals surface area contributed by atoms with Crippen LogP contribution in [0.25, 0.3) is 0 Å². The molecule has 37 heavy (non-hydrogen) atoms. The number of fused-ring (bicyclic) bond motifs is 1. The van der Waals surface area contributed by atoms with Gasteiger partial charge in [0.2, 0.25) is 5.91 Å². The Labute approximate surface area is 220 Å². The Hall–Kier alpha value is -3.79. The van der Waals surface area contributed by atoms with E-state index in [1.807, 2.05) is 34.6 Å². The summed E-state index contributed by atoms with van der Waals surface area (Å²) in [5.41, 5.74) is 3.35. The molecule has 0 fully saturated rings. The van der Waals surface area contributed by atoms with Crippen molar-refractivity contribution in [2.75, 3.05) is 14.2 Å². The Balaban J connectivity index is 1.68. The summed E-state index contributed by atoms with van der Waals surface area (Å²) >= 11 is 1.42. The minimum Gasteiger partial charge on any atom is -0.497 e. The standard InChI is InChI=1S/C27H30N4O5S/c1-16(2)36-26(33)24-17(3)30-27-31(25(24)19-9-21(34-4)12-22(10-19)35-5)20(15-37-27)11-23(32)29-14-18-7-6-8-28-13-18/h6-10,12-13,15-16,25H,11,14H2,1-5H3,(H,29,32)/t25-/m0/s1. The number of aliphatic imine (C=N–C) groups is 1. The summed E-state index contributed by atoms with van der Waals surface area (Å²) in [5, 5.41) is 5.52. The van der Waals surface area contributed by atoms with Gasteiger partial charge in [0.15, 0.2) is 5.17 Å². The minimum absolute atomic E-state index is 0.107. The molecule has 4 rings (SSSR count). The van der Waals surface area contributed by atoms with Gasteiger partial charge >= 0.3 is 5.97 Å². The number of nitrogens with one attached hydrogen (secondary N) is 1. The number of allylic oxidation sites excluding steroid dienone is 1. The van der Waals surface area contributed by atoms with Gasteiger partial charge in [-0.15, -0.1) is 0 Å². The molecule has 2 aliphatic rings. The zero-order valence-corrected chi connectivity index (χ0v) is 22.3. The van der Waals surface area contributed by atoms with Crippen molar-refractivity contribution in [1.29, 1.82) is 0 Å². The van der Waals surface area contributed by atoms with Gasteiger partial charge in [-0.1, -0.05) is 17.8 Å². The maximum absolute atomic E-state index is 13.3. The predicted octanol–water partition coefficient (Wildman–Crippen LogP) is 4.33. The third-order valence-corrected chi connectivity index (χ3v) is 6.70. The highest BCUT2D eigenvalue weighted by Gasteiger charge is 2.41. The zero-order chi connectivity index (χ0) is 26.5. The van der Waals surface area contributed by atoms with Gasteiger partial charge in [0, 0.05) is 30.7 Å². The number of methoxy groups -OCH3 is 2. The number of pyridine rings is 1. The monoisotopic (exact) mass is 522 g/mol. The van der Waals surface area contributed by atoms with Crippen LogP contribution in [0, 0.1) is 0 Å². The Kier molecular flexibility index (Phi) is 8.17. The minimum atomic E-state index is -0.588. The van der Waals surface area contributed by atoms with E-state index in [2.05, 4.69) is 10.3 Å². The maximum Gasteiger partial charge on any atom is 0.338 e. The van der Waals surface area contributed by atoms with Crippen molar-refractivity contribution in [1.82, 2.24) is 15.2 Å². The molecule has 9 nitrogen and oxygen atoms in total. The molecule has 0 bridgehead atoms. The first kappa shape index (κ1) is 26.3. The highest BCUT2D eigenvalue weighted by atomic mass is 32.2. The molecular weight excluding hydrogens is 492 g/mol. The van der Waals surface area contributed by atoms with Crippen LogP contribution in [-0.4, -0.2) is 47.3 Å². The number of thioether (sulfide) groups is 1. The first-order chi connectivity index (χ1) is 17.8. The molecule has 1 atom stereocenters. The van der Waals surface area contributed by atoms with Crippen molar-refractivity contribution in [3.63, 3.8) is 0 Å². The Morgan fingerprint density at radius 1 is 1.16 bits per heavy atom. The number of esters is 1. The van der Waals surface area contributed by atoms with Crippen molar-refractivity contribution in [3.05, 3.63) is 76.2 Å². The number of hydrogen-bond acceptors (Lipinski definition) is 9. The number of nitrogens with zero attached hydrogens (tertiary/aromatic N) is 3. The number of carbonyl (C=O) groups excluding carboxylic acids is 2. The van der Waals surface area contributed by atoms with Gasteiger partial charge in [-0.3, -0.25) is 9.78 Å². The molecule has 3 heterocycles. The number of hydrogen-bond donors (Lipinski definition) is 1. The van der Waals surface area contributed by atoms with Crippen LogP contribution in [0.15, 0.2) is 70.1 Å². The molecule has 0 spiro atoms. The van der Waals surface area contributed by atoms with Crippen LogP contribution in [-0.2, 0) is 20.9 Å². The lowest BCUT2D eigenvalue weighted by Gasteiger charge is -2.36. The van der Waals surface area contributed by atoms with Crippen LogP contribution in [0.3, 0.4) is 0 Å². The number of aromatic nitrogens is 1. The lowest BCUT2D eigenvalue weighted by atomic mass is 9.93. The van der Waals surface area contributed by atoms with Gasteiger partial charge in [0.05, 0.1) is 44.1 Å². The van der Waals surface area contributed by atoms with E-state index < -0.39 is 12.0 Å². The SMILES string of the molecule is COc1cc(OC)cc([C@H]2C(C(=O)OC(C)C)=C(C)N=C3SC=C(CC(=O)NCc4cccnc4)N32)c1. The molecule has 0 aliphatic carbocycles. The fraction of sp³-hybridized carbons (Fsp3) is 0.333. The number of benzene rings is 1. The second kappa shape index (κ2) is 11.5. The van der Waals surface area contributed by atoms with Gasteiger partial charge in [-0.05, 0) is 55.5 Å². The Morgan fingerprint density at radius 2 is 1.89 bits per heavy atom. The van der Waals surface area contributed by atoms with Gasteiger partial charge in [-0.2, -0.15) is 0 Å². The summed E-state index contributed by atoms with van der Waals surface area (Å²) in [6.07, 6.45) is 3.20. The molecule has 194 valence electrons. The number of amides is 1. The third-order valence-electron chi connectivity index (χ3n) is 5.81. The van der Waals surface area contributed by atoms with E-state index in [0.29, 0.717) is 34.5 Å². The number of rotatable bonds is 9. The van der Waals surface area contributed by atoms with Crippen molar-refractivity contribution in [2.45, 2.75) is 45.9 Å². The van der Waals surface area contributed by atoms with Crippen molar-refractivity contribution >= 4 is 28.8 Å². The second-order valence-electron chi connectivity index (χ2n) is 8.81. The predicted molar refractivity (Wildman–Crippen MR) is 142 cm³/mol. The first-order valence-corrected chi connectivity index (χ1v) is 12.7. The van der Waals surface area contributed by atoms with E-state index in [-0.39, 0.29) is 18.4 Å². The molecule has 0 unspecified atom stereocenters. The summed E-state index contributed by atoms with van der Waals surface area (Å²) < 4.78 is 16.6. The summed E-state index contributed by atoms with van der Waals surface area (Å²) in [4.78, 5) is 37.0. The lowest BCUT2D eigenvalue weighted by Crippen LogP contribution is -2.38. The third kappa shape index (κ3) is 5.96. The average Bonchev–Trinajstić information content (AvgIpc) is 3.27. The highest BCUT2D eigenvalue weighted by Crippen LogP contribution is 2.46. The first-order valence-electron chi connectivity index (χ1n) is 11.8. The van der Waals surface area contributed by atoms with E-state index in [0.717, 1.165) is 16.8 Å². The summed E-state index contributed by atoms with van der Waals surface area (Å²) in [7, 11) is 3.15. The molecule has 0 saturated heterocycles. The van der Waals surface area contributed by atoms with Crippen molar-refractivity contribution in [2.24, 2.45) is 4.99 Å².